The molecule has 3 N–H and O–H groups in total. The Hall–Kier alpha value is -0.610. The molecule has 0 aromatic heterocycles. The Morgan fingerprint density at radius 2 is 1.67 bits per heavy atom. The highest BCUT2D eigenvalue weighted by atomic mass is 16.4. The van der Waals surface area contributed by atoms with Crippen molar-refractivity contribution in [3.63, 3.8) is 0 Å². The van der Waals surface area contributed by atoms with Crippen molar-refractivity contribution < 1.29 is 20.1 Å². The van der Waals surface area contributed by atoms with Crippen LogP contribution in [0.5, 0.6) is 0 Å². The van der Waals surface area contributed by atoms with E-state index in [1.54, 1.807) is 0 Å². The topological polar surface area (TPSA) is 77.8 Å². The summed E-state index contributed by atoms with van der Waals surface area (Å²) in [5, 5.41) is 31.3. The third kappa shape index (κ3) is 3.36. The Labute approximate surface area is 182 Å². The van der Waals surface area contributed by atoms with Gasteiger partial charge in [-0.15, -0.1) is 0 Å². The minimum Gasteiger partial charge on any atom is -0.481 e. The zero-order valence-corrected chi connectivity index (χ0v) is 19.5. The minimum absolute atomic E-state index is 0.194. The number of carboxylic acids is 1. The Morgan fingerprint density at radius 1 is 1.00 bits per heavy atom. The molecule has 4 saturated carbocycles. The maximum atomic E-state index is 11.7. The van der Waals surface area contributed by atoms with Crippen LogP contribution in [0.1, 0.15) is 91.9 Å². The molecule has 0 aromatic rings. The third-order valence-corrected chi connectivity index (χ3v) is 11.0. The molecule has 4 heteroatoms. The van der Waals surface area contributed by atoms with E-state index in [1.807, 2.05) is 0 Å². The molecule has 0 aliphatic heterocycles. The third-order valence-electron chi connectivity index (χ3n) is 11.0. The Kier molecular flexibility index (Phi) is 6.07. The van der Waals surface area contributed by atoms with E-state index in [1.165, 1.54) is 25.7 Å². The fourth-order valence-corrected chi connectivity index (χ4v) is 9.48. The van der Waals surface area contributed by atoms with Gasteiger partial charge < -0.3 is 15.3 Å². The molecule has 0 spiro atoms. The normalized spacial score (nSPS) is 51.5. The fourth-order valence-electron chi connectivity index (χ4n) is 9.48. The first-order valence-electron chi connectivity index (χ1n) is 12.7. The number of carboxylic acid groups (broad SMARTS) is 1. The second kappa shape index (κ2) is 8.06. The quantitative estimate of drug-likeness (QED) is 0.577. The summed E-state index contributed by atoms with van der Waals surface area (Å²) in [4.78, 5) is 11.1. The monoisotopic (exact) mass is 420 g/mol. The molecule has 0 bridgehead atoms. The van der Waals surface area contributed by atoms with Crippen molar-refractivity contribution in [3.8, 4) is 0 Å². The standard InChI is InChI=1S/C26H44O4/c1-5-17-21-14-16(27)10-12-26(21,4)20-11-13-25(3)18(15(2)6-9-22(28)29)7-8-19(25)23(20)24(17)30/h15-21,23-24,27,30H,5-14H2,1-4H3,(H,28,29)/t15-,16+,17-,18+,19-,20-,21-,23-,24-,25+,26-/m1/s1. The number of rotatable bonds is 5. The van der Waals surface area contributed by atoms with Gasteiger partial charge >= 0.3 is 5.97 Å². The second-order valence-corrected chi connectivity index (χ2v) is 12.0. The number of aliphatic hydroxyl groups excluding tert-OH is 2. The predicted octanol–water partition coefficient (Wildman–Crippen LogP) is 5.11. The fraction of sp³-hybridized carbons (Fsp3) is 0.962. The second-order valence-electron chi connectivity index (χ2n) is 12.0. The number of fused-ring (bicyclic) bond motifs is 5. The Balaban J connectivity index is 1.61. The van der Waals surface area contributed by atoms with Crippen LogP contribution in [-0.4, -0.2) is 33.5 Å². The number of aliphatic hydroxyl groups is 2. The van der Waals surface area contributed by atoms with E-state index in [0.29, 0.717) is 41.4 Å². The summed E-state index contributed by atoms with van der Waals surface area (Å²) in [6.45, 7) is 9.44. The Morgan fingerprint density at radius 3 is 2.33 bits per heavy atom. The van der Waals surface area contributed by atoms with Gasteiger partial charge in [-0.05, 0) is 104 Å². The van der Waals surface area contributed by atoms with Crippen LogP contribution >= 0.6 is 0 Å². The van der Waals surface area contributed by atoms with Crippen molar-refractivity contribution >= 4 is 5.97 Å². The summed E-state index contributed by atoms with van der Waals surface area (Å²) in [5.74, 6) is 2.58. The first-order chi connectivity index (χ1) is 14.1. The van der Waals surface area contributed by atoms with E-state index in [9.17, 15) is 15.0 Å². The summed E-state index contributed by atoms with van der Waals surface area (Å²) in [7, 11) is 0. The van der Waals surface area contributed by atoms with Gasteiger partial charge in [0.05, 0.1) is 12.2 Å². The molecule has 11 atom stereocenters. The van der Waals surface area contributed by atoms with Gasteiger partial charge in [-0.3, -0.25) is 4.79 Å². The average molecular weight is 421 g/mol. The van der Waals surface area contributed by atoms with Crippen molar-refractivity contribution in [2.45, 2.75) is 104 Å². The molecule has 0 amide bonds. The molecule has 0 saturated heterocycles. The number of aliphatic carboxylic acids is 1. The summed E-state index contributed by atoms with van der Waals surface area (Å²) < 4.78 is 0. The largest absolute Gasteiger partial charge is 0.481 e. The SMILES string of the molecule is CC[C@H]1[C@@H](O)[C@H]2[C@@H](CC[C@]3(C)[C@@H]2CC[C@H]3[C@H](C)CCC(=O)O)[C@@]2(C)CC[C@H](O)C[C@H]12. The summed E-state index contributed by atoms with van der Waals surface area (Å²) in [6.07, 6.45) is 9.27. The van der Waals surface area contributed by atoms with Gasteiger partial charge in [-0.2, -0.15) is 0 Å². The maximum absolute atomic E-state index is 11.7. The van der Waals surface area contributed by atoms with Crippen LogP contribution in [0.25, 0.3) is 0 Å². The van der Waals surface area contributed by atoms with Crippen LogP contribution in [0.3, 0.4) is 0 Å². The molecule has 4 aliphatic rings. The van der Waals surface area contributed by atoms with Gasteiger partial charge in [-0.1, -0.05) is 34.1 Å². The molecule has 4 nitrogen and oxygen atoms in total. The van der Waals surface area contributed by atoms with Gasteiger partial charge in [0.25, 0.3) is 0 Å². The van der Waals surface area contributed by atoms with Crippen molar-refractivity contribution in [1.82, 2.24) is 0 Å². The van der Waals surface area contributed by atoms with Crippen molar-refractivity contribution in [3.05, 3.63) is 0 Å². The van der Waals surface area contributed by atoms with Crippen LogP contribution in [0.15, 0.2) is 0 Å². The van der Waals surface area contributed by atoms with Crippen LogP contribution in [0.4, 0.5) is 0 Å². The molecule has 4 aliphatic carbocycles. The number of hydrogen-bond acceptors (Lipinski definition) is 3. The van der Waals surface area contributed by atoms with E-state index in [0.717, 1.165) is 32.1 Å². The number of hydrogen-bond donors (Lipinski definition) is 3. The highest BCUT2D eigenvalue weighted by Crippen LogP contribution is 2.69. The zero-order valence-electron chi connectivity index (χ0n) is 19.5. The van der Waals surface area contributed by atoms with Gasteiger partial charge in [0, 0.05) is 6.42 Å². The first kappa shape index (κ1) is 22.6. The lowest BCUT2D eigenvalue weighted by Gasteiger charge is -2.64. The smallest absolute Gasteiger partial charge is 0.303 e. The molecule has 172 valence electrons. The van der Waals surface area contributed by atoms with Crippen molar-refractivity contribution in [2.75, 3.05) is 0 Å². The minimum atomic E-state index is -0.683. The van der Waals surface area contributed by atoms with E-state index < -0.39 is 5.97 Å². The maximum Gasteiger partial charge on any atom is 0.303 e. The van der Waals surface area contributed by atoms with E-state index >= 15 is 0 Å². The van der Waals surface area contributed by atoms with Gasteiger partial charge in [-0.25, -0.2) is 0 Å². The highest BCUT2D eigenvalue weighted by Gasteiger charge is 2.64. The lowest BCUT2D eigenvalue weighted by atomic mass is 9.41. The summed E-state index contributed by atoms with van der Waals surface area (Å²) in [6, 6.07) is 0. The average Bonchev–Trinajstić information content (AvgIpc) is 3.05. The van der Waals surface area contributed by atoms with Crippen LogP contribution in [0, 0.1) is 52.3 Å². The van der Waals surface area contributed by atoms with E-state index in [2.05, 4.69) is 27.7 Å². The zero-order chi connectivity index (χ0) is 21.8. The van der Waals surface area contributed by atoms with Crippen LogP contribution in [0.2, 0.25) is 0 Å². The molecule has 0 unspecified atom stereocenters. The Bertz CT molecular complexity index is 649. The molecule has 0 heterocycles. The first-order valence-corrected chi connectivity index (χ1v) is 12.7. The van der Waals surface area contributed by atoms with Crippen molar-refractivity contribution in [2.24, 2.45) is 52.3 Å². The van der Waals surface area contributed by atoms with Crippen LogP contribution < -0.4 is 0 Å². The van der Waals surface area contributed by atoms with E-state index in [4.69, 9.17) is 5.11 Å². The molecular weight excluding hydrogens is 376 g/mol. The van der Waals surface area contributed by atoms with Gasteiger partial charge in [0.15, 0.2) is 0 Å². The molecule has 30 heavy (non-hydrogen) atoms. The highest BCUT2D eigenvalue weighted by molar-refractivity contribution is 5.66. The van der Waals surface area contributed by atoms with Gasteiger partial charge in [0.2, 0.25) is 0 Å². The molecule has 4 fully saturated rings. The van der Waals surface area contributed by atoms with Gasteiger partial charge in [0.1, 0.15) is 0 Å². The number of carbonyl (C=O) groups is 1. The van der Waals surface area contributed by atoms with E-state index in [-0.39, 0.29) is 29.5 Å². The molecule has 4 rings (SSSR count). The van der Waals surface area contributed by atoms with Crippen LogP contribution in [-0.2, 0) is 4.79 Å². The lowest BCUT2D eigenvalue weighted by Crippen LogP contribution is -2.62. The van der Waals surface area contributed by atoms with Crippen molar-refractivity contribution in [1.29, 1.82) is 0 Å². The molecule has 0 aromatic carbocycles. The lowest BCUT2D eigenvalue weighted by molar-refractivity contribution is -0.203. The molecular formula is C26H44O4. The predicted molar refractivity (Wildman–Crippen MR) is 118 cm³/mol. The summed E-state index contributed by atoms with van der Waals surface area (Å²) in [5.41, 5.74) is 0.480. The summed E-state index contributed by atoms with van der Waals surface area (Å²) >= 11 is 0. The molecule has 0 radical (unpaired) electrons.